The summed E-state index contributed by atoms with van der Waals surface area (Å²) in [6.07, 6.45) is 1.93. The van der Waals surface area contributed by atoms with Gasteiger partial charge < -0.3 is 5.32 Å². The van der Waals surface area contributed by atoms with Crippen LogP contribution in [0.1, 0.15) is 29.1 Å². The maximum Gasteiger partial charge on any atom is 0.0931 e. The summed E-state index contributed by atoms with van der Waals surface area (Å²) in [5, 5.41) is 3.46. The zero-order valence-electron chi connectivity index (χ0n) is 9.90. The molecule has 2 rings (SSSR count). The molecule has 0 spiro atoms. The molecule has 4 heteroatoms. The van der Waals surface area contributed by atoms with Crippen molar-refractivity contribution in [1.82, 2.24) is 10.3 Å². The van der Waals surface area contributed by atoms with Gasteiger partial charge in [0.25, 0.3) is 0 Å². The van der Waals surface area contributed by atoms with E-state index < -0.39 is 0 Å². The van der Waals surface area contributed by atoms with E-state index in [0.717, 1.165) is 16.6 Å². The van der Waals surface area contributed by atoms with Crippen LogP contribution in [0.5, 0.6) is 0 Å². The molecule has 90 valence electrons. The number of thiophene rings is 1. The molecule has 0 saturated heterocycles. The third-order valence-electron chi connectivity index (χ3n) is 2.55. The molecule has 0 saturated carbocycles. The number of rotatable bonds is 4. The van der Waals surface area contributed by atoms with Crippen molar-refractivity contribution < 1.29 is 0 Å². The predicted molar refractivity (Wildman–Crippen MR) is 73.8 cm³/mol. The van der Waals surface area contributed by atoms with E-state index in [0.29, 0.717) is 0 Å². The minimum absolute atomic E-state index is 0.186. The molecule has 0 aromatic carbocycles. The summed E-state index contributed by atoms with van der Waals surface area (Å²) >= 11 is 7.60. The molecule has 0 radical (unpaired) electrons. The van der Waals surface area contributed by atoms with Crippen molar-refractivity contribution in [2.24, 2.45) is 0 Å². The second-order valence-corrected chi connectivity index (χ2v) is 5.61. The Balaban J connectivity index is 2.31. The van der Waals surface area contributed by atoms with E-state index in [1.807, 2.05) is 25.3 Å². The smallest absolute Gasteiger partial charge is 0.0931 e. The van der Waals surface area contributed by atoms with Crippen molar-refractivity contribution in [2.75, 3.05) is 6.54 Å². The van der Waals surface area contributed by atoms with Gasteiger partial charge >= 0.3 is 0 Å². The summed E-state index contributed by atoms with van der Waals surface area (Å²) in [6, 6.07) is 8.34. The fraction of sp³-hybridized carbons (Fsp3) is 0.308. The minimum Gasteiger partial charge on any atom is -0.306 e. The van der Waals surface area contributed by atoms with Crippen molar-refractivity contribution in [3.8, 4) is 0 Å². The van der Waals surface area contributed by atoms with Gasteiger partial charge in [0, 0.05) is 16.8 Å². The Morgan fingerprint density at radius 1 is 1.35 bits per heavy atom. The van der Waals surface area contributed by atoms with Gasteiger partial charge in [-0.15, -0.1) is 11.3 Å². The fourth-order valence-corrected chi connectivity index (χ4v) is 2.89. The second kappa shape index (κ2) is 5.63. The van der Waals surface area contributed by atoms with E-state index in [2.05, 4.69) is 29.4 Å². The summed E-state index contributed by atoms with van der Waals surface area (Å²) in [4.78, 5) is 5.57. The highest BCUT2D eigenvalue weighted by molar-refractivity contribution is 7.16. The lowest BCUT2D eigenvalue weighted by atomic mass is 10.1. The van der Waals surface area contributed by atoms with E-state index in [4.69, 9.17) is 11.6 Å². The van der Waals surface area contributed by atoms with Crippen molar-refractivity contribution in [3.05, 3.63) is 50.9 Å². The molecular formula is C13H15ClN2S. The number of aromatic nitrogens is 1. The third-order valence-corrected chi connectivity index (χ3v) is 3.85. The van der Waals surface area contributed by atoms with Crippen molar-refractivity contribution in [2.45, 2.75) is 19.9 Å². The number of nitrogens with zero attached hydrogens (tertiary/aromatic N) is 1. The Bertz CT molecular complexity index is 478. The van der Waals surface area contributed by atoms with Crippen molar-refractivity contribution >= 4 is 22.9 Å². The normalized spacial score (nSPS) is 12.6. The average molecular weight is 267 g/mol. The molecule has 0 aliphatic carbocycles. The van der Waals surface area contributed by atoms with Crippen LogP contribution in [0, 0.1) is 6.92 Å². The van der Waals surface area contributed by atoms with Crippen LogP contribution in [0.4, 0.5) is 0 Å². The largest absolute Gasteiger partial charge is 0.306 e. The first kappa shape index (κ1) is 12.6. The Kier molecular flexibility index (Phi) is 4.15. The molecule has 1 unspecified atom stereocenters. The van der Waals surface area contributed by atoms with E-state index in [1.165, 1.54) is 10.4 Å². The molecule has 0 aliphatic rings. The van der Waals surface area contributed by atoms with Gasteiger partial charge in [0.05, 0.1) is 10.4 Å². The summed E-state index contributed by atoms with van der Waals surface area (Å²) in [5.74, 6) is 0. The molecule has 0 bridgehead atoms. The standard InChI is InChI=1S/C13H15ClN2S/c1-3-15-13(11-6-7-12(14)17-11)10-5-4-9(2)16-8-10/h4-8,13,15H,3H2,1-2H3. The summed E-state index contributed by atoms with van der Waals surface area (Å²) in [6.45, 7) is 5.01. The van der Waals surface area contributed by atoms with Crippen LogP contribution in [0.3, 0.4) is 0 Å². The minimum atomic E-state index is 0.186. The molecule has 17 heavy (non-hydrogen) atoms. The maximum absolute atomic E-state index is 5.99. The van der Waals surface area contributed by atoms with Crippen LogP contribution in [0.15, 0.2) is 30.5 Å². The lowest BCUT2D eigenvalue weighted by molar-refractivity contribution is 0.637. The zero-order chi connectivity index (χ0) is 12.3. The van der Waals surface area contributed by atoms with Gasteiger partial charge in [-0.1, -0.05) is 24.6 Å². The molecule has 2 heterocycles. The third kappa shape index (κ3) is 3.06. The highest BCUT2D eigenvalue weighted by Crippen LogP contribution is 2.30. The van der Waals surface area contributed by atoms with Crippen LogP contribution in [-0.4, -0.2) is 11.5 Å². The Morgan fingerprint density at radius 2 is 2.18 bits per heavy atom. The molecule has 2 nitrogen and oxygen atoms in total. The number of nitrogens with one attached hydrogen (secondary N) is 1. The number of aryl methyl sites for hydroxylation is 1. The highest BCUT2D eigenvalue weighted by Gasteiger charge is 2.15. The SMILES string of the molecule is CCNC(c1ccc(C)nc1)c1ccc(Cl)s1. The summed E-state index contributed by atoms with van der Waals surface area (Å²) < 4.78 is 0.822. The van der Waals surface area contributed by atoms with E-state index in [9.17, 15) is 0 Å². The van der Waals surface area contributed by atoms with Crippen LogP contribution < -0.4 is 5.32 Å². The van der Waals surface area contributed by atoms with Gasteiger partial charge in [0.2, 0.25) is 0 Å². The molecule has 1 atom stereocenters. The molecular weight excluding hydrogens is 252 g/mol. The predicted octanol–water partition coefficient (Wildman–Crippen LogP) is 3.80. The average Bonchev–Trinajstić information content (AvgIpc) is 2.74. The summed E-state index contributed by atoms with van der Waals surface area (Å²) in [5.41, 5.74) is 2.21. The van der Waals surface area contributed by atoms with Crippen molar-refractivity contribution in [1.29, 1.82) is 0 Å². The van der Waals surface area contributed by atoms with Gasteiger partial charge in [-0.3, -0.25) is 4.98 Å². The maximum atomic E-state index is 5.99. The van der Waals surface area contributed by atoms with E-state index in [1.54, 1.807) is 11.3 Å². The Labute approximate surface area is 111 Å². The van der Waals surface area contributed by atoms with Crippen molar-refractivity contribution in [3.63, 3.8) is 0 Å². The van der Waals surface area contributed by atoms with Gasteiger partial charge in [0.1, 0.15) is 0 Å². The Hall–Kier alpha value is -0.900. The first-order valence-corrected chi connectivity index (χ1v) is 6.81. The molecule has 0 amide bonds. The lowest BCUT2D eigenvalue weighted by Crippen LogP contribution is -2.21. The quantitative estimate of drug-likeness (QED) is 0.910. The topological polar surface area (TPSA) is 24.9 Å². The van der Waals surface area contributed by atoms with Gasteiger partial charge in [-0.25, -0.2) is 0 Å². The van der Waals surface area contributed by atoms with E-state index in [-0.39, 0.29) is 6.04 Å². The van der Waals surface area contributed by atoms with Crippen LogP contribution in [0.25, 0.3) is 0 Å². The second-order valence-electron chi connectivity index (χ2n) is 3.87. The monoisotopic (exact) mass is 266 g/mol. The van der Waals surface area contributed by atoms with Crippen LogP contribution in [0.2, 0.25) is 4.34 Å². The summed E-state index contributed by atoms with van der Waals surface area (Å²) in [7, 11) is 0. The van der Waals surface area contributed by atoms with Gasteiger partial charge in [0.15, 0.2) is 0 Å². The molecule has 2 aromatic rings. The van der Waals surface area contributed by atoms with Crippen LogP contribution in [-0.2, 0) is 0 Å². The first-order valence-electron chi connectivity index (χ1n) is 5.62. The lowest BCUT2D eigenvalue weighted by Gasteiger charge is -2.16. The van der Waals surface area contributed by atoms with Gasteiger partial charge in [-0.2, -0.15) is 0 Å². The highest BCUT2D eigenvalue weighted by atomic mass is 35.5. The van der Waals surface area contributed by atoms with E-state index >= 15 is 0 Å². The number of pyridine rings is 1. The molecule has 2 aromatic heterocycles. The Morgan fingerprint density at radius 3 is 2.71 bits per heavy atom. The molecule has 1 N–H and O–H groups in total. The van der Waals surface area contributed by atoms with Gasteiger partial charge in [-0.05, 0) is 37.2 Å². The fourth-order valence-electron chi connectivity index (χ4n) is 1.72. The molecule has 0 fully saturated rings. The number of hydrogen-bond donors (Lipinski definition) is 1. The first-order chi connectivity index (χ1) is 8.20. The molecule has 0 aliphatic heterocycles. The number of halogens is 1. The van der Waals surface area contributed by atoms with Crippen LogP contribution >= 0.6 is 22.9 Å². The number of hydrogen-bond acceptors (Lipinski definition) is 3. The zero-order valence-corrected chi connectivity index (χ0v) is 11.5.